The first kappa shape index (κ1) is 32.1. The van der Waals surface area contributed by atoms with Crippen LogP contribution in [0.2, 0.25) is 19.6 Å². The fraction of sp³-hybridized carbons (Fsp3) is 0.238. The van der Waals surface area contributed by atoms with Crippen LogP contribution in [0.5, 0.6) is 0 Å². The molecular weight excluding hydrogens is 785 g/mol. The van der Waals surface area contributed by atoms with E-state index in [0.29, 0.717) is 5.92 Å². The Morgan fingerprint density at radius 3 is 2.38 bits per heavy atom. The molecule has 0 bridgehead atoms. The average molecular weight is 826 g/mol. The van der Waals surface area contributed by atoms with Crippen LogP contribution in [-0.2, 0) is 20.1 Å². The van der Waals surface area contributed by atoms with E-state index in [1.165, 1.54) is 49.0 Å². The Hall–Kier alpha value is -3.47. The van der Waals surface area contributed by atoms with Crippen LogP contribution in [0.15, 0.2) is 109 Å². The van der Waals surface area contributed by atoms with Crippen molar-refractivity contribution in [2.45, 2.75) is 58.1 Å². The topological polar surface area (TPSA) is 25.8 Å². The van der Waals surface area contributed by atoms with Crippen molar-refractivity contribution < 1.29 is 21.5 Å². The number of hydrogen-bond donors (Lipinski definition) is 0. The van der Waals surface area contributed by atoms with Gasteiger partial charge in [-0.3, -0.25) is 0 Å². The maximum absolute atomic E-state index is 9.13. The first-order valence-corrected chi connectivity index (χ1v) is 20.7. The van der Waals surface area contributed by atoms with Gasteiger partial charge in [0, 0.05) is 38.6 Å². The van der Waals surface area contributed by atoms with Gasteiger partial charge in [0.15, 0.2) is 0 Å². The van der Waals surface area contributed by atoms with E-state index in [4.69, 9.17) is 6.35 Å². The summed E-state index contributed by atoms with van der Waals surface area (Å²) in [5.74, 6) is -0.142. The first-order valence-electron chi connectivity index (χ1n) is 16.9. The molecule has 1 aliphatic rings. The number of benzene rings is 4. The van der Waals surface area contributed by atoms with Gasteiger partial charge in [0.25, 0.3) is 0 Å². The van der Waals surface area contributed by atoms with Crippen LogP contribution in [0.3, 0.4) is 0 Å². The smallest absolute Gasteiger partial charge is 0.0795 e. The molecule has 8 rings (SSSR count). The molecule has 1 aliphatic carbocycles. The Morgan fingerprint density at radius 2 is 1.64 bits per heavy atom. The van der Waals surface area contributed by atoms with Crippen LogP contribution >= 0.6 is 11.3 Å². The van der Waals surface area contributed by atoms with Crippen LogP contribution in [0.1, 0.15) is 45.4 Å². The number of pyridine rings is 2. The number of aromatic nitrogens is 2. The summed E-state index contributed by atoms with van der Waals surface area (Å²) in [6, 6.07) is 40.3. The molecule has 7 aromatic rings. The molecule has 1 saturated carbocycles. The number of thiophene rings is 1. The SMILES string of the molecule is C[Si](C)(C)c1ccc(-c2[c-]cccc2)nc1.[2H]C(C)(c1ccnc(-c2[c-]ccc3c2sc2ccc4ccccc4c23)c1)C1CCCC1.[Ir]. The third kappa shape index (κ3) is 7.05. The van der Waals surface area contributed by atoms with Gasteiger partial charge in [-0.05, 0) is 74.2 Å². The van der Waals surface area contributed by atoms with Gasteiger partial charge in [-0.1, -0.05) is 98.9 Å². The van der Waals surface area contributed by atoms with Gasteiger partial charge in [0.05, 0.1) is 8.07 Å². The Morgan fingerprint density at radius 1 is 0.830 bits per heavy atom. The molecule has 0 amide bonds. The number of hydrogen-bond acceptors (Lipinski definition) is 3. The van der Waals surface area contributed by atoms with Crippen LogP contribution in [0.25, 0.3) is 53.5 Å². The van der Waals surface area contributed by atoms with E-state index < -0.39 is 14.0 Å². The predicted molar refractivity (Wildman–Crippen MR) is 201 cm³/mol. The van der Waals surface area contributed by atoms with Gasteiger partial charge < -0.3 is 9.97 Å². The molecule has 5 heteroatoms. The van der Waals surface area contributed by atoms with Crippen LogP contribution < -0.4 is 5.19 Å². The normalized spacial score (nSPS) is 15.1. The van der Waals surface area contributed by atoms with E-state index in [2.05, 4.69) is 104 Å². The quantitative estimate of drug-likeness (QED) is 0.128. The number of rotatable bonds is 5. The molecule has 3 heterocycles. The Bertz CT molecular complexity index is 2170. The molecule has 4 aromatic carbocycles. The fourth-order valence-corrected chi connectivity index (χ4v) is 8.92. The average Bonchev–Trinajstić information content (AvgIpc) is 3.78. The minimum Gasteiger partial charge on any atom is -0.305 e. The summed E-state index contributed by atoms with van der Waals surface area (Å²) in [6.45, 7) is 9.08. The van der Waals surface area contributed by atoms with E-state index >= 15 is 0 Å². The van der Waals surface area contributed by atoms with Crippen molar-refractivity contribution in [3.05, 3.63) is 127 Å². The van der Waals surface area contributed by atoms with Crippen molar-refractivity contribution in [3.63, 3.8) is 0 Å². The summed E-state index contributed by atoms with van der Waals surface area (Å²) in [5, 5.41) is 6.55. The maximum atomic E-state index is 9.13. The summed E-state index contributed by atoms with van der Waals surface area (Å²) >= 11 is 1.82. The van der Waals surface area contributed by atoms with Crippen molar-refractivity contribution in [2.24, 2.45) is 5.92 Å². The zero-order chi connectivity index (χ0) is 32.6. The minimum absolute atomic E-state index is 0. The predicted octanol–water partition coefficient (Wildman–Crippen LogP) is 11.5. The van der Waals surface area contributed by atoms with Gasteiger partial charge in [-0.25, -0.2) is 0 Å². The molecule has 1 atom stereocenters. The summed E-state index contributed by atoms with van der Waals surface area (Å²) in [5.41, 5.74) is 5.11. The van der Waals surface area contributed by atoms with E-state index in [1.807, 2.05) is 60.1 Å². The van der Waals surface area contributed by atoms with E-state index in [-0.39, 0.29) is 20.1 Å². The van der Waals surface area contributed by atoms with Crippen LogP contribution in [0.4, 0.5) is 0 Å². The Balaban J connectivity index is 0.000000201. The zero-order valence-electron chi connectivity index (χ0n) is 28.4. The van der Waals surface area contributed by atoms with Crippen molar-refractivity contribution >= 4 is 55.5 Å². The minimum atomic E-state index is -1.23. The largest absolute Gasteiger partial charge is 0.305 e. The van der Waals surface area contributed by atoms with Gasteiger partial charge in [0.2, 0.25) is 0 Å². The second-order valence-electron chi connectivity index (χ2n) is 13.4. The van der Waals surface area contributed by atoms with Crippen molar-refractivity contribution in [2.75, 3.05) is 0 Å². The third-order valence-electron chi connectivity index (χ3n) is 9.37. The fourth-order valence-electron chi connectivity index (χ4n) is 6.66. The van der Waals surface area contributed by atoms with Crippen LogP contribution in [0, 0.1) is 18.1 Å². The Kier molecular flexibility index (Phi) is 9.79. The van der Waals surface area contributed by atoms with Gasteiger partial charge in [-0.15, -0.1) is 59.7 Å². The molecule has 1 unspecified atom stereocenters. The van der Waals surface area contributed by atoms with Crippen molar-refractivity contribution in [1.82, 2.24) is 9.97 Å². The second-order valence-corrected chi connectivity index (χ2v) is 19.5. The molecule has 0 saturated heterocycles. The molecule has 239 valence electrons. The van der Waals surface area contributed by atoms with Crippen LogP contribution in [-0.4, -0.2) is 18.0 Å². The zero-order valence-corrected chi connectivity index (χ0v) is 31.6. The molecule has 0 spiro atoms. The summed E-state index contributed by atoms with van der Waals surface area (Å²) in [4.78, 5) is 9.24. The summed E-state index contributed by atoms with van der Waals surface area (Å²) in [7, 11) is -1.23. The molecular formula is C42H40IrN2SSi-2. The summed E-state index contributed by atoms with van der Waals surface area (Å²) < 4.78 is 11.7. The molecule has 1 radical (unpaired) electrons. The van der Waals surface area contributed by atoms with Crippen molar-refractivity contribution in [3.8, 4) is 22.5 Å². The standard InChI is InChI=1S/C28H24NS.C14H16NSi.Ir/c1-18(19-7-2-3-8-19)21-15-16-29-25(17-21)23-11-6-12-24-27-22-10-5-4-9-20(22)13-14-26(27)30-28(23)24;1-16(2,3)13-9-10-14(15-11-13)12-7-5-4-6-8-12;/h4-6,9-10,12-19H,2-3,7-8H2,1H3;4-7,9-11H,1-3H3;/q2*-1;/i18D;;. The molecule has 47 heavy (non-hydrogen) atoms. The number of nitrogens with zero attached hydrogens (tertiary/aromatic N) is 2. The van der Waals surface area contributed by atoms with E-state index in [1.54, 1.807) is 0 Å². The molecule has 3 aromatic heterocycles. The van der Waals surface area contributed by atoms with E-state index in [9.17, 15) is 0 Å². The third-order valence-corrected chi connectivity index (χ3v) is 12.6. The molecule has 0 aliphatic heterocycles. The first-order chi connectivity index (χ1) is 22.7. The van der Waals surface area contributed by atoms with Gasteiger partial charge in [-0.2, -0.15) is 11.3 Å². The summed E-state index contributed by atoms with van der Waals surface area (Å²) in [6.07, 6.45) is 8.70. The van der Waals surface area contributed by atoms with Gasteiger partial charge in [0.1, 0.15) is 0 Å². The number of fused-ring (bicyclic) bond motifs is 5. The van der Waals surface area contributed by atoms with E-state index in [0.717, 1.165) is 40.9 Å². The molecule has 2 nitrogen and oxygen atoms in total. The van der Waals surface area contributed by atoms with Crippen molar-refractivity contribution in [1.29, 1.82) is 0 Å². The molecule has 1 fully saturated rings. The molecule has 0 N–H and O–H groups in total. The Labute approximate surface area is 299 Å². The van der Waals surface area contributed by atoms with Gasteiger partial charge >= 0.3 is 0 Å². The maximum Gasteiger partial charge on any atom is 0.0795 e. The second kappa shape index (κ2) is 14.3. The monoisotopic (exact) mass is 826 g/mol.